The summed E-state index contributed by atoms with van der Waals surface area (Å²) in [6, 6.07) is 13.9. The second-order valence-corrected chi connectivity index (χ2v) is 10.2. The Labute approximate surface area is 181 Å². The van der Waals surface area contributed by atoms with Crippen LogP contribution < -0.4 is 14.2 Å². The van der Waals surface area contributed by atoms with E-state index in [0.29, 0.717) is 5.69 Å². The van der Waals surface area contributed by atoms with Gasteiger partial charge in [-0.3, -0.25) is 9.44 Å². The number of halogens is 1. The Morgan fingerprint density at radius 3 is 1.87 bits per heavy atom. The van der Waals surface area contributed by atoms with Crippen LogP contribution in [-0.4, -0.2) is 23.9 Å². The van der Waals surface area contributed by atoms with Gasteiger partial charge in [-0.1, -0.05) is 18.2 Å². The molecule has 0 saturated carbocycles. The molecule has 0 amide bonds. The number of hydrogen-bond acceptors (Lipinski definition) is 5. The molecule has 3 aromatic rings. The Bertz CT molecular complexity index is 1300. The SMILES string of the molecule is COc1ccc(S(=O)(=O)Nc2ccc(S(=O)(=O)Nc3c(C)cccc3C)cc2)cc1F. The summed E-state index contributed by atoms with van der Waals surface area (Å²) in [5.41, 5.74) is 2.18. The first-order valence-electron chi connectivity index (χ1n) is 9.09. The molecule has 0 saturated heterocycles. The van der Waals surface area contributed by atoms with Crippen molar-refractivity contribution in [3.8, 4) is 5.75 Å². The maximum atomic E-state index is 13.8. The monoisotopic (exact) mass is 464 g/mol. The molecular formula is C21H21FN2O5S2. The summed E-state index contributed by atoms with van der Waals surface area (Å²) in [5, 5.41) is 0. The van der Waals surface area contributed by atoms with Crippen LogP contribution in [0.2, 0.25) is 0 Å². The fourth-order valence-corrected chi connectivity index (χ4v) is 5.17. The van der Waals surface area contributed by atoms with E-state index in [1.54, 1.807) is 26.0 Å². The molecule has 0 bridgehead atoms. The van der Waals surface area contributed by atoms with E-state index in [0.717, 1.165) is 17.2 Å². The number of para-hydroxylation sites is 1. The fourth-order valence-electron chi connectivity index (χ4n) is 2.90. The van der Waals surface area contributed by atoms with Crippen molar-refractivity contribution < 1.29 is 26.0 Å². The predicted octanol–water partition coefficient (Wildman–Crippen LogP) is 4.05. The molecule has 0 fully saturated rings. The summed E-state index contributed by atoms with van der Waals surface area (Å²) in [6.07, 6.45) is 0. The molecule has 0 aliphatic carbocycles. The maximum absolute atomic E-state index is 13.8. The van der Waals surface area contributed by atoms with Crippen molar-refractivity contribution in [3.05, 3.63) is 77.6 Å². The summed E-state index contributed by atoms with van der Waals surface area (Å²) < 4.78 is 73.9. The van der Waals surface area contributed by atoms with Gasteiger partial charge in [0.1, 0.15) is 0 Å². The molecule has 10 heteroatoms. The van der Waals surface area contributed by atoms with Crippen LogP contribution in [0.4, 0.5) is 15.8 Å². The third-order valence-electron chi connectivity index (χ3n) is 4.57. The van der Waals surface area contributed by atoms with E-state index >= 15 is 0 Å². The Kier molecular flexibility index (Phi) is 6.23. The minimum absolute atomic E-state index is 0.0337. The van der Waals surface area contributed by atoms with Gasteiger partial charge < -0.3 is 4.74 Å². The van der Waals surface area contributed by atoms with Crippen molar-refractivity contribution in [1.29, 1.82) is 0 Å². The lowest BCUT2D eigenvalue weighted by Gasteiger charge is -2.14. The third kappa shape index (κ3) is 4.97. The topological polar surface area (TPSA) is 102 Å². The average Bonchev–Trinajstić information content (AvgIpc) is 2.71. The van der Waals surface area contributed by atoms with Gasteiger partial charge in [0.2, 0.25) is 0 Å². The number of anilines is 2. The molecule has 0 spiro atoms. The van der Waals surface area contributed by atoms with Crippen LogP contribution >= 0.6 is 0 Å². The Morgan fingerprint density at radius 2 is 1.32 bits per heavy atom. The number of ether oxygens (including phenoxy) is 1. The molecule has 0 heterocycles. The molecular weight excluding hydrogens is 443 g/mol. The van der Waals surface area contributed by atoms with Crippen LogP contribution in [0.5, 0.6) is 5.75 Å². The lowest BCUT2D eigenvalue weighted by Crippen LogP contribution is -2.15. The second kappa shape index (κ2) is 8.56. The zero-order chi connectivity index (χ0) is 22.8. The smallest absolute Gasteiger partial charge is 0.262 e. The third-order valence-corrected chi connectivity index (χ3v) is 7.31. The van der Waals surface area contributed by atoms with Gasteiger partial charge in [0.15, 0.2) is 11.6 Å². The molecule has 0 aliphatic heterocycles. The highest BCUT2D eigenvalue weighted by molar-refractivity contribution is 7.93. The Hall–Kier alpha value is -3.11. The van der Waals surface area contributed by atoms with Crippen LogP contribution in [0.25, 0.3) is 0 Å². The average molecular weight is 465 g/mol. The summed E-state index contributed by atoms with van der Waals surface area (Å²) in [5.74, 6) is -0.894. The zero-order valence-electron chi connectivity index (χ0n) is 17.0. The maximum Gasteiger partial charge on any atom is 0.262 e. The van der Waals surface area contributed by atoms with Crippen molar-refractivity contribution in [2.75, 3.05) is 16.6 Å². The summed E-state index contributed by atoms with van der Waals surface area (Å²) in [7, 11) is -6.68. The number of nitrogens with one attached hydrogen (secondary N) is 2. The van der Waals surface area contributed by atoms with Gasteiger partial charge in [-0.15, -0.1) is 0 Å². The van der Waals surface area contributed by atoms with E-state index in [-0.39, 0.29) is 21.2 Å². The standard InChI is InChI=1S/C21H21FN2O5S2/c1-14-5-4-6-15(2)21(14)24-30(25,26)17-9-7-16(8-10-17)23-31(27,28)18-11-12-20(29-3)19(22)13-18/h4-13,23-24H,1-3H3. The van der Waals surface area contributed by atoms with Crippen molar-refractivity contribution in [2.24, 2.45) is 0 Å². The number of aryl methyl sites for hydroxylation is 2. The molecule has 0 atom stereocenters. The van der Waals surface area contributed by atoms with E-state index < -0.39 is 25.9 Å². The normalized spacial score (nSPS) is 11.7. The number of sulfonamides is 2. The number of hydrogen-bond donors (Lipinski definition) is 2. The van der Waals surface area contributed by atoms with Gasteiger partial charge >= 0.3 is 0 Å². The molecule has 0 aliphatic rings. The fraction of sp³-hybridized carbons (Fsp3) is 0.143. The van der Waals surface area contributed by atoms with Crippen LogP contribution in [0.15, 0.2) is 70.5 Å². The number of benzene rings is 3. The van der Waals surface area contributed by atoms with Crippen molar-refractivity contribution in [1.82, 2.24) is 0 Å². The second-order valence-electron chi connectivity index (χ2n) is 6.80. The molecule has 3 aromatic carbocycles. The number of rotatable bonds is 7. The van der Waals surface area contributed by atoms with Gasteiger partial charge in [0, 0.05) is 5.69 Å². The predicted molar refractivity (Wildman–Crippen MR) is 117 cm³/mol. The van der Waals surface area contributed by atoms with E-state index in [1.807, 2.05) is 6.07 Å². The molecule has 164 valence electrons. The van der Waals surface area contributed by atoms with Gasteiger partial charge in [0.25, 0.3) is 20.0 Å². The zero-order valence-corrected chi connectivity index (χ0v) is 18.6. The largest absolute Gasteiger partial charge is 0.494 e. The molecule has 3 rings (SSSR count). The van der Waals surface area contributed by atoms with E-state index in [2.05, 4.69) is 9.44 Å². The first-order valence-corrected chi connectivity index (χ1v) is 12.1. The van der Waals surface area contributed by atoms with Crippen LogP contribution in [0, 0.1) is 19.7 Å². The summed E-state index contributed by atoms with van der Waals surface area (Å²) in [6.45, 7) is 3.59. The quantitative estimate of drug-likeness (QED) is 0.549. The molecule has 2 N–H and O–H groups in total. The highest BCUT2D eigenvalue weighted by Gasteiger charge is 2.19. The first-order chi connectivity index (χ1) is 14.5. The molecule has 0 radical (unpaired) electrons. The van der Waals surface area contributed by atoms with Gasteiger partial charge in [-0.25, -0.2) is 21.2 Å². The van der Waals surface area contributed by atoms with E-state index in [1.165, 1.54) is 43.5 Å². The Morgan fingerprint density at radius 1 is 0.774 bits per heavy atom. The van der Waals surface area contributed by atoms with Crippen LogP contribution in [-0.2, 0) is 20.0 Å². The summed E-state index contributed by atoms with van der Waals surface area (Å²) in [4.78, 5) is -0.326. The van der Waals surface area contributed by atoms with Crippen LogP contribution in [0.3, 0.4) is 0 Å². The lowest BCUT2D eigenvalue weighted by molar-refractivity contribution is 0.385. The van der Waals surface area contributed by atoms with Gasteiger partial charge in [0.05, 0.1) is 22.6 Å². The van der Waals surface area contributed by atoms with Crippen molar-refractivity contribution in [3.63, 3.8) is 0 Å². The minimum atomic E-state index is -4.08. The Balaban J connectivity index is 1.82. The molecule has 0 unspecified atom stereocenters. The van der Waals surface area contributed by atoms with Crippen molar-refractivity contribution >= 4 is 31.4 Å². The summed E-state index contributed by atoms with van der Waals surface area (Å²) >= 11 is 0. The van der Waals surface area contributed by atoms with E-state index in [4.69, 9.17) is 4.74 Å². The van der Waals surface area contributed by atoms with Gasteiger partial charge in [-0.05, 0) is 67.4 Å². The van der Waals surface area contributed by atoms with E-state index in [9.17, 15) is 21.2 Å². The van der Waals surface area contributed by atoms with Crippen LogP contribution in [0.1, 0.15) is 11.1 Å². The molecule has 0 aromatic heterocycles. The lowest BCUT2D eigenvalue weighted by atomic mass is 10.1. The highest BCUT2D eigenvalue weighted by atomic mass is 32.2. The highest BCUT2D eigenvalue weighted by Crippen LogP contribution is 2.26. The first kappa shape index (κ1) is 22.6. The minimum Gasteiger partial charge on any atom is -0.494 e. The van der Waals surface area contributed by atoms with Gasteiger partial charge in [-0.2, -0.15) is 0 Å². The molecule has 7 nitrogen and oxygen atoms in total. The van der Waals surface area contributed by atoms with Crippen molar-refractivity contribution in [2.45, 2.75) is 23.6 Å². The molecule has 31 heavy (non-hydrogen) atoms. The number of methoxy groups -OCH3 is 1.